The van der Waals surface area contributed by atoms with Gasteiger partial charge in [-0.05, 0) is 58.2 Å². The van der Waals surface area contributed by atoms with Gasteiger partial charge in [0.25, 0.3) is 5.91 Å². The third-order valence-corrected chi connectivity index (χ3v) is 8.70. The molecule has 1 saturated heterocycles. The average molecular weight is 665 g/mol. The fraction of sp³-hybridized carbons (Fsp3) is 0.484. The molecule has 11 nitrogen and oxygen atoms in total. The largest absolute Gasteiger partial charge is 0.450 e. The van der Waals surface area contributed by atoms with Gasteiger partial charge in [-0.3, -0.25) is 19.2 Å². The lowest BCUT2D eigenvalue weighted by atomic mass is 9.75. The number of pyridine rings is 1. The predicted molar refractivity (Wildman–Crippen MR) is 163 cm³/mol. The third-order valence-electron chi connectivity index (χ3n) is 8.47. The molecular formula is C31H36ClF3N6O5. The molecular weight excluding hydrogens is 629 g/mol. The van der Waals surface area contributed by atoms with Crippen molar-refractivity contribution in [3.8, 4) is 11.5 Å². The number of rotatable bonds is 8. The Morgan fingerprint density at radius 2 is 1.91 bits per heavy atom. The van der Waals surface area contributed by atoms with Crippen LogP contribution in [-0.4, -0.2) is 80.1 Å². The van der Waals surface area contributed by atoms with Gasteiger partial charge in [-0.1, -0.05) is 30.7 Å². The predicted octanol–water partition coefficient (Wildman–Crippen LogP) is 4.55. The Balaban J connectivity index is 1.61. The number of halogens is 4. The van der Waals surface area contributed by atoms with E-state index in [-0.39, 0.29) is 35.7 Å². The first-order valence-corrected chi connectivity index (χ1v) is 15.0. The highest BCUT2D eigenvalue weighted by Crippen LogP contribution is 2.46. The molecule has 46 heavy (non-hydrogen) atoms. The number of aryl methyl sites for hydroxylation is 2. The van der Waals surface area contributed by atoms with Gasteiger partial charge in [0.15, 0.2) is 5.75 Å². The van der Waals surface area contributed by atoms with Crippen molar-refractivity contribution in [1.29, 1.82) is 0 Å². The van der Waals surface area contributed by atoms with Crippen molar-refractivity contribution in [3.63, 3.8) is 0 Å². The van der Waals surface area contributed by atoms with E-state index in [0.29, 0.717) is 22.0 Å². The van der Waals surface area contributed by atoms with E-state index in [9.17, 15) is 32.3 Å². The quantitative estimate of drug-likeness (QED) is 0.422. The number of aromatic amines is 1. The number of alkyl halides is 3. The highest BCUT2D eigenvalue weighted by molar-refractivity contribution is 6.31. The number of hydrogen-bond acceptors (Lipinski definition) is 7. The number of likely N-dealkylation sites (N-methyl/N-ethyl adjacent to an activating group) is 1. The lowest BCUT2D eigenvalue weighted by Gasteiger charge is -2.45. The second kappa shape index (κ2) is 13.3. The summed E-state index contributed by atoms with van der Waals surface area (Å²) >= 11 is 6.30. The molecule has 0 spiro atoms. The van der Waals surface area contributed by atoms with Crippen LogP contribution in [0.25, 0.3) is 0 Å². The van der Waals surface area contributed by atoms with Crippen molar-refractivity contribution in [2.75, 3.05) is 7.05 Å². The molecule has 2 N–H and O–H groups in total. The second-order valence-electron chi connectivity index (χ2n) is 11.9. The first-order chi connectivity index (χ1) is 21.4. The molecule has 3 heterocycles. The number of carbonyl (C=O) groups is 3. The molecule has 1 aliphatic heterocycles. The molecule has 0 saturated carbocycles. The van der Waals surface area contributed by atoms with Crippen molar-refractivity contribution in [1.82, 2.24) is 30.3 Å². The fourth-order valence-electron chi connectivity index (χ4n) is 6.10. The molecule has 2 aromatic heterocycles. The van der Waals surface area contributed by atoms with Gasteiger partial charge >= 0.3 is 11.7 Å². The second-order valence-corrected chi connectivity index (χ2v) is 12.4. The van der Waals surface area contributed by atoms with Gasteiger partial charge < -0.3 is 19.9 Å². The Bertz CT molecular complexity index is 1640. The Morgan fingerprint density at radius 3 is 2.52 bits per heavy atom. The monoisotopic (exact) mass is 664 g/mol. The van der Waals surface area contributed by atoms with Crippen LogP contribution in [0.2, 0.25) is 0 Å². The number of H-pyrrole nitrogens is 1. The molecule has 2 unspecified atom stereocenters. The summed E-state index contributed by atoms with van der Waals surface area (Å²) in [7, 11) is 1.07. The maximum absolute atomic E-state index is 14.5. The highest BCUT2D eigenvalue weighted by Gasteiger charge is 2.57. The van der Waals surface area contributed by atoms with E-state index in [0.717, 1.165) is 14.0 Å². The minimum absolute atomic E-state index is 0.0191. The van der Waals surface area contributed by atoms with E-state index in [1.807, 2.05) is 6.92 Å². The summed E-state index contributed by atoms with van der Waals surface area (Å²) in [5, 5.41) is 9.06. The van der Waals surface area contributed by atoms with E-state index < -0.39 is 59.0 Å². The van der Waals surface area contributed by atoms with Gasteiger partial charge in [0.2, 0.25) is 11.8 Å². The van der Waals surface area contributed by atoms with Gasteiger partial charge in [0.1, 0.15) is 23.5 Å². The molecule has 0 bridgehead atoms. The Kier molecular flexibility index (Phi) is 10.00. The van der Waals surface area contributed by atoms with Crippen LogP contribution in [0.5, 0.6) is 11.5 Å². The van der Waals surface area contributed by atoms with Gasteiger partial charge in [-0.15, -0.1) is 0 Å². The SMILES string of the molecule is CC(=O)N(C)C([C@H]1CC[C@@H](C2(C)C=C(Cl)C=CC2)N1C(=O)[C@@H](C)NC(=O)c1ccc(Oc2cc(C)n[nH]c2=O)c(C)n1)C(F)(F)F. The van der Waals surface area contributed by atoms with Crippen LogP contribution in [-0.2, 0) is 9.59 Å². The summed E-state index contributed by atoms with van der Waals surface area (Å²) in [5.74, 6) is -2.10. The first-order valence-electron chi connectivity index (χ1n) is 14.6. The summed E-state index contributed by atoms with van der Waals surface area (Å²) < 4.78 is 49.3. The van der Waals surface area contributed by atoms with E-state index in [2.05, 4.69) is 20.5 Å². The van der Waals surface area contributed by atoms with E-state index in [4.69, 9.17) is 16.3 Å². The molecule has 2 aliphatic rings. The fourth-order valence-corrected chi connectivity index (χ4v) is 6.44. The van der Waals surface area contributed by atoms with Crippen molar-refractivity contribution < 1.29 is 32.3 Å². The standard InChI is InChI=1S/C31H36ClF3N6O5/c1-16-14-24(28(44)39-38-16)46-23-11-9-21(36-17(23)2)27(43)37-18(3)29(45)41-22(26(31(33,34)35)40(6)19(4)42)10-12-25(41)30(5)13-7-8-20(32)15-30/h7-9,11,14-15,18,22,25-26H,10,12-13H2,1-6H3,(H,37,43)(H,39,44)/t18-,22-,25+,26?,30?/m1/s1. The number of nitrogens with one attached hydrogen (secondary N) is 2. The van der Waals surface area contributed by atoms with Gasteiger partial charge in [0.05, 0.1) is 17.4 Å². The van der Waals surface area contributed by atoms with Gasteiger partial charge in [-0.2, -0.15) is 18.3 Å². The molecule has 4 rings (SSSR count). The maximum atomic E-state index is 14.5. The smallest absolute Gasteiger partial charge is 0.410 e. The maximum Gasteiger partial charge on any atom is 0.410 e. The molecule has 15 heteroatoms. The van der Waals surface area contributed by atoms with Crippen molar-refractivity contribution in [2.24, 2.45) is 5.41 Å². The zero-order valence-electron chi connectivity index (χ0n) is 26.2. The topological polar surface area (TPSA) is 138 Å². The third kappa shape index (κ3) is 7.27. The number of ether oxygens (including phenoxy) is 1. The van der Waals surface area contributed by atoms with Crippen molar-refractivity contribution in [2.45, 2.75) is 84.2 Å². The van der Waals surface area contributed by atoms with Crippen LogP contribution in [0.3, 0.4) is 0 Å². The molecule has 0 aromatic carbocycles. The normalized spacial score (nSPS) is 22.6. The summed E-state index contributed by atoms with van der Waals surface area (Å²) in [5.41, 5.74) is -0.658. The lowest BCUT2D eigenvalue weighted by Crippen LogP contribution is -2.62. The van der Waals surface area contributed by atoms with Crippen LogP contribution >= 0.6 is 11.6 Å². The van der Waals surface area contributed by atoms with E-state index >= 15 is 0 Å². The zero-order valence-corrected chi connectivity index (χ0v) is 27.0. The number of aromatic nitrogens is 3. The molecule has 1 fully saturated rings. The van der Waals surface area contributed by atoms with E-state index in [1.54, 1.807) is 32.1 Å². The molecule has 2 aromatic rings. The summed E-state index contributed by atoms with van der Waals surface area (Å²) in [6, 6.07) is -1.42. The van der Waals surface area contributed by atoms with E-state index in [1.165, 1.54) is 30.0 Å². The molecule has 3 amide bonds. The molecule has 5 atom stereocenters. The van der Waals surface area contributed by atoms with Crippen LogP contribution in [0, 0.1) is 19.3 Å². The number of amides is 3. The van der Waals surface area contributed by atoms with Crippen LogP contribution in [0.15, 0.2) is 46.3 Å². The first kappa shape index (κ1) is 34.7. The Labute approximate surface area is 268 Å². The molecule has 1 aliphatic carbocycles. The number of nitrogens with zero attached hydrogens (tertiary/aromatic N) is 4. The number of allylic oxidation sites excluding steroid dienone is 3. The summed E-state index contributed by atoms with van der Waals surface area (Å²) in [4.78, 5) is 57.6. The summed E-state index contributed by atoms with van der Waals surface area (Å²) in [6.07, 6.45) is 1.02. The van der Waals surface area contributed by atoms with Crippen LogP contribution in [0.4, 0.5) is 13.2 Å². The lowest BCUT2D eigenvalue weighted by molar-refractivity contribution is -0.200. The number of likely N-dealkylation sites (tertiary alicyclic amines) is 1. The van der Waals surface area contributed by atoms with Crippen LogP contribution < -0.4 is 15.6 Å². The number of hydrogen-bond donors (Lipinski definition) is 2. The zero-order chi connectivity index (χ0) is 34.1. The Hall–Kier alpha value is -4.20. The minimum Gasteiger partial charge on any atom is -0.450 e. The van der Waals surface area contributed by atoms with Crippen LogP contribution in [0.1, 0.15) is 61.9 Å². The highest BCUT2D eigenvalue weighted by atomic mass is 35.5. The minimum atomic E-state index is -4.84. The molecule has 0 radical (unpaired) electrons. The average Bonchev–Trinajstić information content (AvgIpc) is 3.39. The van der Waals surface area contributed by atoms with Gasteiger partial charge in [-0.25, -0.2) is 10.1 Å². The van der Waals surface area contributed by atoms with Gasteiger partial charge in [0, 0.05) is 36.5 Å². The van der Waals surface area contributed by atoms with Crippen molar-refractivity contribution in [3.05, 3.63) is 68.9 Å². The summed E-state index contributed by atoms with van der Waals surface area (Å²) in [6.45, 7) is 7.47. The molecule has 248 valence electrons. The Morgan fingerprint density at radius 1 is 1.22 bits per heavy atom. The number of carbonyl (C=O) groups excluding carboxylic acids is 3. The van der Waals surface area contributed by atoms with Crippen molar-refractivity contribution >= 4 is 29.3 Å².